The van der Waals surface area contributed by atoms with Gasteiger partial charge in [-0.15, -0.1) is 0 Å². The fourth-order valence-corrected chi connectivity index (χ4v) is 5.05. The zero-order valence-electron chi connectivity index (χ0n) is 20.3. The maximum atomic E-state index is 12.4. The van der Waals surface area contributed by atoms with Gasteiger partial charge in [-0.2, -0.15) is 0 Å². The van der Waals surface area contributed by atoms with E-state index in [2.05, 4.69) is 21.5 Å². The number of sulfonamides is 1. The molecule has 0 aliphatic carbocycles. The van der Waals surface area contributed by atoms with Crippen molar-refractivity contribution in [2.45, 2.75) is 44.4 Å². The van der Waals surface area contributed by atoms with Gasteiger partial charge >= 0.3 is 6.03 Å². The van der Waals surface area contributed by atoms with Gasteiger partial charge in [0.1, 0.15) is 5.82 Å². The number of aryl methyl sites for hydroxylation is 2. The van der Waals surface area contributed by atoms with Crippen LogP contribution >= 0.6 is 11.6 Å². The molecule has 0 spiro atoms. The van der Waals surface area contributed by atoms with Crippen molar-refractivity contribution in [3.05, 3.63) is 88.7 Å². The van der Waals surface area contributed by atoms with Crippen LogP contribution < -0.4 is 10.0 Å². The highest BCUT2D eigenvalue weighted by Gasteiger charge is 2.17. The third kappa shape index (κ3) is 6.06. The van der Waals surface area contributed by atoms with Crippen LogP contribution in [0.5, 0.6) is 0 Å². The molecule has 0 unspecified atom stereocenters. The van der Waals surface area contributed by atoms with Crippen molar-refractivity contribution in [1.82, 2.24) is 19.6 Å². The molecule has 0 radical (unpaired) electrons. The molecule has 1 aromatic heterocycles. The Morgan fingerprint density at radius 3 is 2.42 bits per heavy atom. The van der Waals surface area contributed by atoms with Crippen LogP contribution in [0, 0.1) is 6.92 Å². The Bertz CT molecular complexity index is 1460. The zero-order valence-corrected chi connectivity index (χ0v) is 21.9. The number of nitrogens with one attached hydrogen (secondary N) is 2. The number of carbonyl (C=O) groups excluding carboxylic acids is 1. The van der Waals surface area contributed by atoms with Crippen LogP contribution in [0.2, 0.25) is 5.02 Å². The van der Waals surface area contributed by atoms with Gasteiger partial charge in [0.15, 0.2) is 0 Å². The first-order chi connectivity index (χ1) is 17.3. The molecule has 0 aliphatic heterocycles. The van der Waals surface area contributed by atoms with Crippen molar-refractivity contribution in [3.63, 3.8) is 0 Å². The van der Waals surface area contributed by atoms with Crippen LogP contribution in [0.15, 0.2) is 71.6 Å². The van der Waals surface area contributed by atoms with E-state index < -0.39 is 16.1 Å². The van der Waals surface area contributed by atoms with Crippen molar-refractivity contribution in [1.29, 1.82) is 0 Å². The lowest BCUT2D eigenvalue weighted by Gasteiger charge is -2.11. The fourth-order valence-electron chi connectivity index (χ4n) is 3.96. The predicted octanol–water partition coefficient (Wildman–Crippen LogP) is 5.56. The number of fused-ring (bicyclic) bond motifs is 1. The average molecular weight is 525 g/mol. The third-order valence-electron chi connectivity index (χ3n) is 5.89. The first-order valence-corrected chi connectivity index (χ1v) is 13.8. The number of hydrogen-bond acceptors (Lipinski definition) is 4. The van der Waals surface area contributed by atoms with E-state index in [9.17, 15) is 13.2 Å². The van der Waals surface area contributed by atoms with E-state index in [4.69, 9.17) is 16.6 Å². The molecule has 9 heteroatoms. The minimum atomic E-state index is -3.91. The molecule has 1 heterocycles. The standard InChI is InChI=1S/C27H29ClN4O3S/c1-3-4-5-26-30-24-15-10-21(28)18-25(24)32(26)22-11-8-20(9-12-22)16-17-29-27(33)31-36(34,35)23-13-6-19(2)7-14-23/h6-15,18H,3-5,16-17H2,1-2H3,(H2,29,31,33). The molecule has 0 saturated carbocycles. The quantitative estimate of drug-likeness (QED) is 0.300. The lowest BCUT2D eigenvalue weighted by atomic mass is 10.1. The summed E-state index contributed by atoms with van der Waals surface area (Å²) in [5.41, 5.74) is 4.81. The van der Waals surface area contributed by atoms with Crippen molar-refractivity contribution < 1.29 is 13.2 Å². The summed E-state index contributed by atoms with van der Waals surface area (Å²) in [6.45, 7) is 4.31. The number of aromatic nitrogens is 2. The first-order valence-electron chi connectivity index (χ1n) is 11.9. The number of rotatable bonds is 9. The molecule has 2 amide bonds. The number of imidazole rings is 1. The highest BCUT2D eigenvalue weighted by molar-refractivity contribution is 7.90. The molecule has 4 rings (SSSR count). The lowest BCUT2D eigenvalue weighted by Crippen LogP contribution is -2.40. The number of urea groups is 1. The summed E-state index contributed by atoms with van der Waals surface area (Å²) < 4.78 is 28.9. The van der Waals surface area contributed by atoms with Crippen molar-refractivity contribution >= 4 is 38.7 Å². The Hall–Kier alpha value is -3.36. The van der Waals surface area contributed by atoms with E-state index in [0.717, 1.165) is 52.9 Å². The van der Waals surface area contributed by atoms with E-state index >= 15 is 0 Å². The normalized spacial score (nSPS) is 11.5. The average Bonchev–Trinajstić information content (AvgIpc) is 3.20. The fraction of sp³-hybridized carbons (Fsp3) is 0.259. The molecule has 36 heavy (non-hydrogen) atoms. The molecular weight excluding hydrogens is 496 g/mol. The van der Waals surface area contributed by atoms with Crippen molar-refractivity contribution in [2.24, 2.45) is 0 Å². The highest BCUT2D eigenvalue weighted by Crippen LogP contribution is 2.26. The molecule has 0 fully saturated rings. The number of hydrogen-bond donors (Lipinski definition) is 2. The number of amides is 2. The Morgan fingerprint density at radius 1 is 1.00 bits per heavy atom. The molecule has 188 valence electrons. The third-order valence-corrected chi connectivity index (χ3v) is 7.47. The van der Waals surface area contributed by atoms with Crippen LogP contribution in [-0.2, 0) is 22.9 Å². The summed E-state index contributed by atoms with van der Waals surface area (Å²) in [4.78, 5) is 17.0. The van der Waals surface area contributed by atoms with Gasteiger partial charge in [0.2, 0.25) is 0 Å². The summed E-state index contributed by atoms with van der Waals surface area (Å²) in [7, 11) is -3.91. The second kappa shape index (κ2) is 11.1. The summed E-state index contributed by atoms with van der Waals surface area (Å²) in [6.07, 6.45) is 3.55. The molecule has 0 bridgehead atoms. The van der Waals surface area contributed by atoms with Gasteiger partial charge in [-0.25, -0.2) is 22.9 Å². The van der Waals surface area contributed by atoms with Gasteiger partial charge in [0.05, 0.1) is 15.9 Å². The van der Waals surface area contributed by atoms with E-state index in [-0.39, 0.29) is 4.90 Å². The van der Waals surface area contributed by atoms with Crippen LogP contribution in [0.4, 0.5) is 4.79 Å². The second-order valence-electron chi connectivity index (χ2n) is 8.69. The Kier molecular flexibility index (Phi) is 7.96. The Labute approximate surface area is 216 Å². The van der Waals surface area contributed by atoms with E-state index in [1.807, 2.05) is 49.4 Å². The minimum absolute atomic E-state index is 0.0467. The minimum Gasteiger partial charge on any atom is -0.337 e. The van der Waals surface area contributed by atoms with E-state index in [1.165, 1.54) is 12.1 Å². The van der Waals surface area contributed by atoms with E-state index in [0.29, 0.717) is 18.0 Å². The topological polar surface area (TPSA) is 93.1 Å². The second-order valence-corrected chi connectivity index (χ2v) is 10.8. The van der Waals surface area contributed by atoms with Crippen LogP contribution in [0.1, 0.15) is 36.7 Å². The molecule has 3 aromatic carbocycles. The van der Waals surface area contributed by atoms with Crippen molar-refractivity contribution in [2.75, 3.05) is 6.54 Å². The largest absolute Gasteiger partial charge is 0.337 e. The van der Waals surface area contributed by atoms with Crippen LogP contribution in [0.3, 0.4) is 0 Å². The first kappa shape index (κ1) is 25.7. The van der Waals surface area contributed by atoms with Gasteiger partial charge in [-0.05, 0) is 67.8 Å². The molecule has 0 aliphatic rings. The maximum Gasteiger partial charge on any atom is 0.328 e. The number of nitrogens with zero attached hydrogens (tertiary/aromatic N) is 2. The Morgan fingerprint density at radius 2 is 1.72 bits per heavy atom. The van der Waals surface area contributed by atoms with Gasteiger partial charge in [-0.3, -0.25) is 4.57 Å². The van der Waals surface area contributed by atoms with Gasteiger partial charge in [0, 0.05) is 23.7 Å². The van der Waals surface area contributed by atoms with Crippen LogP contribution in [0.25, 0.3) is 16.7 Å². The number of benzene rings is 3. The molecular formula is C27H29ClN4O3S. The maximum absolute atomic E-state index is 12.4. The molecule has 0 saturated heterocycles. The van der Waals surface area contributed by atoms with Gasteiger partial charge < -0.3 is 5.32 Å². The van der Waals surface area contributed by atoms with E-state index in [1.54, 1.807) is 12.1 Å². The zero-order chi connectivity index (χ0) is 25.7. The highest BCUT2D eigenvalue weighted by atomic mass is 35.5. The monoisotopic (exact) mass is 524 g/mol. The summed E-state index contributed by atoms with van der Waals surface area (Å²) in [5.74, 6) is 0.995. The predicted molar refractivity (Wildman–Crippen MR) is 143 cm³/mol. The smallest absolute Gasteiger partial charge is 0.328 e. The molecule has 4 aromatic rings. The van der Waals surface area contributed by atoms with Crippen molar-refractivity contribution in [3.8, 4) is 5.69 Å². The van der Waals surface area contributed by atoms with Gasteiger partial charge in [-0.1, -0.05) is 54.8 Å². The van der Waals surface area contributed by atoms with Gasteiger partial charge in [0.25, 0.3) is 10.0 Å². The lowest BCUT2D eigenvalue weighted by molar-refractivity contribution is 0.246. The number of carbonyl (C=O) groups is 1. The number of halogens is 1. The molecule has 2 N–H and O–H groups in total. The SMILES string of the molecule is CCCCc1nc2ccc(Cl)cc2n1-c1ccc(CCNC(=O)NS(=O)(=O)c2ccc(C)cc2)cc1. The van der Waals surface area contributed by atoms with Crippen LogP contribution in [-0.4, -0.2) is 30.5 Å². The summed E-state index contributed by atoms with van der Waals surface area (Å²) >= 11 is 6.26. The molecule has 7 nitrogen and oxygen atoms in total. The summed E-state index contributed by atoms with van der Waals surface area (Å²) in [5, 5.41) is 3.28. The molecule has 0 atom stereocenters. The summed E-state index contributed by atoms with van der Waals surface area (Å²) in [6, 6.07) is 19.3. The number of unbranched alkanes of at least 4 members (excludes halogenated alkanes) is 1. The Balaban J connectivity index is 1.40.